The summed E-state index contributed by atoms with van der Waals surface area (Å²) in [5, 5.41) is 3.21. The predicted molar refractivity (Wildman–Crippen MR) is 74.4 cm³/mol. The lowest BCUT2D eigenvalue weighted by Gasteiger charge is -2.28. The van der Waals surface area contributed by atoms with Crippen molar-refractivity contribution in [1.82, 2.24) is 15.1 Å². The number of hydrogen-bond acceptors (Lipinski definition) is 4. The summed E-state index contributed by atoms with van der Waals surface area (Å²) in [4.78, 5) is 16.0. The van der Waals surface area contributed by atoms with Crippen molar-refractivity contribution >= 4 is 5.91 Å². The third-order valence-corrected chi connectivity index (χ3v) is 3.67. The van der Waals surface area contributed by atoms with Crippen LogP contribution in [0.5, 0.6) is 0 Å². The molecule has 0 aromatic carbocycles. The number of nitrogens with two attached hydrogens (primary N) is 1. The average Bonchev–Trinajstić information content (AvgIpc) is 2.70. The Balaban J connectivity index is 2.35. The summed E-state index contributed by atoms with van der Waals surface area (Å²) in [6.07, 6.45) is 3.55. The molecule has 1 fully saturated rings. The van der Waals surface area contributed by atoms with Crippen molar-refractivity contribution in [3.05, 3.63) is 0 Å². The van der Waals surface area contributed by atoms with E-state index in [9.17, 15) is 4.79 Å². The zero-order chi connectivity index (χ0) is 13.5. The van der Waals surface area contributed by atoms with Gasteiger partial charge in [0.15, 0.2) is 0 Å². The molecular formula is C13H28N4O. The van der Waals surface area contributed by atoms with Crippen molar-refractivity contribution in [1.29, 1.82) is 0 Å². The Morgan fingerprint density at radius 1 is 1.61 bits per heavy atom. The Kier molecular flexibility index (Phi) is 6.60. The van der Waals surface area contributed by atoms with Crippen LogP contribution in [0, 0.1) is 0 Å². The average molecular weight is 256 g/mol. The summed E-state index contributed by atoms with van der Waals surface area (Å²) in [7, 11) is 4.24. The standard InChI is InChI=1S/C13H28N4O/c1-4-7-15-12(13(14)18)10-16(2)9-11-6-5-8-17(11)3/h11-12,15H,4-10H2,1-3H3,(H2,14,18). The highest BCUT2D eigenvalue weighted by Gasteiger charge is 2.24. The molecule has 1 aliphatic heterocycles. The van der Waals surface area contributed by atoms with Crippen LogP contribution in [0.4, 0.5) is 0 Å². The summed E-state index contributed by atoms with van der Waals surface area (Å²) in [5.74, 6) is -0.255. The Bertz CT molecular complexity index is 259. The molecule has 1 rings (SSSR count). The quantitative estimate of drug-likeness (QED) is 0.635. The first kappa shape index (κ1) is 15.4. The molecule has 0 aromatic heterocycles. The second-order valence-corrected chi connectivity index (χ2v) is 5.41. The smallest absolute Gasteiger partial charge is 0.235 e. The number of nitrogens with zero attached hydrogens (tertiary/aromatic N) is 2. The molecule has 0 spiro atoms. The van der Waals surface area contributed by atoms with Crippen LogP contribution in [0.2, 0.25) is 0 Å². The SMILES string of the molecule is CCCNC(CN(C)CC1CCCN1C)C(N)=O. The van der Waals surface area contributed by atoms with Crippen molar-refractivity contribution < 1.29 is 4.79 Å². The van der Waals surface area contributed by atoms with Crippen molar-refractivity contribution in [2.45, 2.75) is 38.3 Å². The van der Waals surface area contributed by atoms with Gasteiger partial charge in [0.25, 0.3) is 0 Å². The highest BCUT2D eigenvalue weighted by molar-refractivity contribution is 5.80. The van der Waals surface area contributed by atoms with Gasteiger partial charge in [0.2, 0.25) is 5.91 Å². The summed E-state index contributed by atoms with van der Waals surface area (Å²) in [6, 6.07) is 0.386. The zero-order valence-electron chi connectivity index (χ0n) is 12.0. The highest BCUT2D eigenvalue weighted by atomic mass is 16.1. The normalized spacial score (nSPS) is 22.6. The molecule has 2 unspecified atom stereocenters. The topological polar surface area (TPSA) is 61.6 Å². The molecule has 5 heteroatoms. The molecule has 106 valence electrons. The minimum absolute atomic E-state index is 0.235. The van der Waals surface area contributed by atoms with Crippen LogP contribution < -0.4 is 11.1 Å². The number of hydrogen-bond donors (Lipinski definition) is 2. The van der Waals surface area contributed by atoms with Gasteiger partial charge >= 0.3 is 0 Å². The van der Waals surface area contributed by atoms with Crippen molar-refractivity contribution in [3.63, 3.8) is 0 Å². The van der Waals surface area contributed by atoms with E-state index in [2.05, 4.69) is 36.1 Å². The van der Waals surface area contributed by atoms with Gasteiger partial charge in [-0.05, 0) is 46.4 Å². The summed E-state index contributed by atoms with van der Waals surface area (Å²) < 4.78 is 0. The van der Waals surface area contributed by atoms with Gasteiger partial charge in [0.05, 0.1) is 6.04 Å². The molecule has 0 aromatic rings. The molecule has 0 radical (unpaired) electrons. The van der Waals surface area contributed by atoms with Crippen LogP contribution in [0.1, 0.15) is 26.2 Å². The molecule has 18 heavy (non-hydrogen) atoms. The fourth-order valence-electron chi connectivity index (χ4n) is 2.53. The molecule has 3 N–H and O–H groups in total. The molecule has 1 saturated heterocycles. The lowest BCUT2D eigenvalue weighted by atomic mass is 10.2. The van der Waals surface area contributed by atoms with Gasteiger partial charge in [-0.15, -0.1) is 0 Å². The van der Waals surface area contributed by atoms with E-state index in [1.165, 1.54) is 19.4 Å². The molecule has 1 aliphatic rings. The summed E-state index contributed by atoms with van der Waals surface area (Å²) in [5.41, 5.74) is 5.42. The zero-order valence-corrected chi connectivity index (χ0v) is 12.0. The van der Waals surface area contributed by atoms with E-state index in [-0.39, 0.29) is 11.9 Å². The predicted octanol–water partition coefficient (Wildman–Crippen LogP) is -0.134. The van der Waals surface area contributed by atoms with Gasteiger partial charge in [0, 0.05) is 19.1 Å². The van der Waals surface area contributed by atoms with E-state index in [1.807, 2.05) is 0 Å². The third kappa shape index (κ3) is 4.92. The second kappa shape index (κ2) is 7.71. The summed E-state index contributed by atoms with van der Waals surface area (Å²) in [6.45, 7) is 5.81. The first-order chi connectivity index (χ1) is 8.54. The Morgan fingerprint density at radius 3 is 2.83 bits per heavy atom. The maximum Gasteiger partial charge on any atom is 0.235 e. The van der Waals surface area contributed by atoms with Crippen LogP contribution in [-0.2, 0) is 4.79 Å². The van der Waals surface area contributed by atoms with Crippen molar-refractivity contribution in [3.8, 4) is 0 Å². The molecule has 5 nitrogen and oxygen atoms in total. The maximum atomic E-state index is 11.4. The first-order valence-corrected chi connectivity index (χ1v) is 6.96. The number of primary amides is 1. The lowest BCUT2D eigenvalue weighted by molar-refractivity contribution is -0.120. The van der Waals surface area contributed by atoms with Gasteiger partial charge in [-0.1, -0.05) is 6.92 Å². The van der Waals surface area contributed by atoms with Crippen LogP contribution in [0.25, 0.3) is 0 Å². The van der Waals surface area contributed by atoms with Gasteiger partial charge in [0.1, 0.15) is 0 Å². The van der Waals surface area contributed by atoms with Gasteiger partial charge in [-0.2, -0.15) is 0 Å². The number of likely N-dealkylation sites (tertiary alicyclic amines) is 1. The third-order valence-electron chi connectivity index (χ3n) is 3.67. The number of carbonyl (C=O) groups excluding carboxylic acids is 1. The molecule has 2 atom stereocenters. The van der Waals surface area contributed by atoms with E-state index in [4.69, 9.17) is 5.73 Å². The minimum Gasteiger partial charge on any atom is -0.368 e. The highest BCUT2D eigenvalue weighted by Crippen LogP contribution is 2.15. The van der Waals surface area contributed by atoms with E-state index >= 15 is 0 Å². The Morgan fingerprint density at radius 2 is 2.33 bits per heavy atom. The molecule has 1 heterocycles. The Hall–Kier alpha value is -0.650. The molecule has 0 bridgehead atoms. The van der Waals surface area contributed by atoms with E-state index in [0.717, 1.165) is 19.5 Å². The second-order valence-electron chi connectivity index (χ2n) is 5.41. The fourth-order valence-corrected chi connectivity index (χ4v) is 2.53. The van der Waals surface area contributed by atoms with Gasteiger partial charge < -0.3 is 20.9 Å². The number of carbonyl (C=O) groups is 1. The number of likely N-dealkylation sites (N-methyl/N-ethyl adjacent to an activating group) is 2. The largest absolute Gasteiger partial charge is 0.368 e. The van der Waals surface area contributed by atoms with Gasteiger partial charge in [-0.25, -0.2) is 0 Å². The van der Waals surface area contributed by atoms with Crippen molar-refractivity contribution in [2.24, 2.45) is 5.73 Å². The minimum atomic E-state index is -0.255. The molecule has 1 amide bonds. The van der Waals surface area contributed by atoms with Crippen molar-refractivity contribution in [2.75, 3.05) is 40.3 Å². The number of rotatable bonds is 8. The van der Waals surface area contributed by atoms with E-state index in [1.54, 1.807) is 0 Å². The molecule has 0 aliphatic carbocycles. The van der Waals surface area contributed by atoms with Crippen LogP contribution in [-0.4, -0.2) is 68.1 Å². The van der Waals surface area contributed by atoms with Crippen LogP contribution >= 0.6 is 0 Å². The monoisotopic (exact) mass is 256 g/mol. The van der Waals surface area contributed by atoms with Gasteiger partial charge in [-0.3, -0.25) is 4.79 Å². The van der Waals surface area contributed by atoms with Crippen LogP contribution in [0.3, 0.4) is 0 Å². The van der Waals surface area contributed by atoms with E-state index < -0.39 is 0 Å². The first-order valence-electron chi connectivity index (χ1n) is 6.96. The maximum absolute atomic E-state index is 11.4. The fraction of sp³-hybridized carbons (Fsp3) is 0.923. The Labute approximate surface area is 111 Å². The molecule has 0 saturated carbocycles. The van der Waals surface area contributed by atoms with Crippen LogP contribution in [0.15, 0.2) is 0 Å². The number of nitrogens with one attached hydrogen (secondary N) is 1. The summed E-state index contributed by atoms with van der Waals surface area (Å²) >= 11 is 0. The van der Waals surface area contributed by atoms with E-state index in [0.29, 0.717) is 12.6 Å². The lowest BCUT2D eigenvalue weighted by Crippen LogP contribution is -2.50. The number of amides is 1. The molecular weight excluding hydrogens is 228 g/mol.